The Morgan fingerprint density at radius 1 is 0.429 bits per heavy atom. The predicted molar refractivity (Wildman–Crippen MR) is 413 cm³/mol. The lowest BCUT2D eigenvalue weighted by Gasteiger charge is -2.35. The van der Waals surface area contributed by atoms with Crippen LogP contribution in [0.1, 0.15) is 64.2 Å². The maximum absolute atomic E-state index is 14.8. The summed E-state index contributed by atoms with van der Waals surface area (Å²) >= 11 is 3.24. The topological polar surface area (TPSA) is 279 Å². The van der Waals surface area contributed by atoms with Crippen LogP contribution in [0.25, 0.3) is 48.6 Å². The van der Waals surface area contributed by atoms with E-state index >= 15 is 0 Å². The van der Waals surface area contributed by atoms with Crippen LogP contribution in [0.2, 0.25) is 0 Å². The number of piperazine rings is 3. The molecular weight excluding hydrogens is 1470 g/mol. The first-order chi connectivity index (χ1) is 54.2. The van der Waals surface area contributed by atoms with Gasteiger partial charge >= 0.3 is 0 Å². The quantitative estimate of drug-likeness (QED) is 0.0508. The third-order valence-corrected chi connectivity index (χ3v) is 23.5. The Morgan fingerprint density at radius 2 is 0.884 bits per heavy atom. The van der Waals surface area contributed by atoms with E-state index < -0.39 is 34.2 Å². The van der Waals surface area contributed by atoms with Crippen molar-refractivity contribution in [2.24, 2.45) is 5.73 Å². The molecule has 3 aliphatic rings. The highest BCUT2D eigenvalue weighted by Gasteiger charge is 2.36. The van der Waals surface area contributed by atoms with Gasteiger partial charge in [-0.15, -0.1) is 22.7 Å². The number of nitrogens with two attached hydrogens (primary N) is 1. The maximum Gasteiger partial charge on any atom is 0.253 e. The number of hydrogen-bond donors (Lipinski definition) is 3. The van der Waals surface area contributed by atoms with Gasteiger partial charge < -0.3 is 35.5 Å². The maximum atomic E-state index is 14.8. The summed E-state index contributed by atoms with van der Waals surface area (Å²) < 4.78 is 68.2. The largest absolute Gasteiger partial charge is 0.381 e. The van der Waals surface area contributed by atoms with Gasteiger partial charge in [-0.3, -0.25) is 9.80 Å². The van der Waals surface area contributed by atoms with Crippen molar-refractivity contribution < 1.29 is 36.9 Å². The standard InChI is InChI=1S/C78H74F4N26O2S2/c1-49-84-38-67(111-49)51-28-65-71(98-17-23-101(24-18-98)74-88-34-57(35-89-74)77(3,109)54-5-9-59(79)10-6-54)103(46-95-107(65)42-51)44-69-85-39-68(112-69)52-29-66-72(99-19-25-102(26-20-99)75-90-36-58(37-91-75)78(4,110)55-7-11-60(80)12-8-55)104(47-96-108(66)43-52)48-105-40-53(31-93-105)50-27-64-70(92-45-94-106(64)41-50)97-15-21-100(22-16-97)73-86-32-56(33-87-73)76(2,83)62-14-13-61(81)30-63(62)82/h5-14,27-43,45-47,109-110H,15-26,44,48,83H2,1-4H3/q+2. The third-order valence-electron chi connectivity index (χ3n) is 21.5. The lowest BCUT2D eigenvalue weighted by atomic mass is 9.87. The van der Waals surface area contributed by atoms with Crippen molar-refractivity contribution in [3.05, 3.63) is 251 Å². The first-order valence-corrected chi connectivity index (χ1v) is 38.1. The summed E-state index contributed by atoms with van der Waals surface area (Å²) in [6, 6.07) is 21.3. The first-order valence-electron chi connectivity index (χ1n) is 36.4. The van der Waals surface area contributed by atoms with E-state index in [1.165, 1.54) is 36.4 Å². The Labute approximate surface area is 645 Å². The van der Waals surface area contributed by atoms with Crippen LogP contribution in [0.5, 0.6) is 0 Å². The van der Waals surface area contributed by atoms with Crippen molar-refractivity contribution >= 4 is 74.5 Å². The second-order valence-corrected chi connectivity index (χ2v) is 31.1. The highest BCUT2D eigenvalue weighted by molar-refractivity contribution is 7.15. The number of benzene rings is 3. The fourth-order valence-corrected chi connectivity index (χ4v) is 16.7. The van der Waals surface area contributed by atoms with E-state index in [0.29, 0.717) is 137 Å². The number of aromatic nitrogens is 19. The summed E-state index contributed by atoms with van der Waals surface area (Å²) in [5, 5.41) is 44.5. The van der Waals surface area contributed by atoms with Gasteiger partial charge in [0.1, 0.15) is 57.9 Å². The normalized spacial score (nSPS) is 16.1. The summed E-state index contributed by atoms with van der Waals surface area (Å²) in [5.74, 6) is 2.06. The minimum absolute atomic E-state index is 0.139. The van der Waals surface area contributed by atoms with E-state index in [2.05, 4.69) is 76.8 Å². The zero-order chi connectivity index (χ0) is 76.7. The molecule has 3 fully saturated rings. The summed E-state index contributed by atoms with van der Waals surface area (Å²) in [7, 11) is 0. The Bertz CT molecular complexity index is 5970. The molecule has 0 bridgehead atoms. The first kappa shape index (κ1) is 71.3. The molecule has 12 aromatic heterocycles. The minimum Gasteiger partial charge on any atom is -0.381 e. The van der Waals surface area contributed by atoms with Gasteiger partial charge in [-0.1, -0.05) is 30.3 Å². The molecule has 4 N–H and O–H groups in total. The SMILES string of the molecule is Cc1ncc(-c2cc3c(N4CCN(c5ncc(C(C)(O)c6ccc(F)cc6)cn5)CC4)[n+](Cc4ncc(-c5cc6c(N7CCN(c8ncc(C(C)(O)c9ccc(F)cc9)cn8)CC7)[n+](Cn7cc(-c8cc9c(N%10CCN(c%11ncc(C(C)(N)c%12ccc(F)cc%12F)cn%11)CC%10)ncnn9c8)cn7)cnn6c5)s4)cnn3c2)s1. The van der Waals surface area contributed by atoms with Gasteiger partial charge in [0.25, 0.3) is 24.3 Å². The molecular formula is C78H74F4N26O2S2+2. The van der Waals surface area contributed by atoms with Crippen molar-refractivity contribution in [3.8, 4) is 32.0 Å². The van der Waals surface area contributed by atoms with Crippen molar-refractivity contribution in [1.29, 1.82) is 0 Å². The Balaban J connectivity index is 0.606. The Kier molecular flexibility index (Phi) is 18.1. The van der Waals surface area contributed by atoms with E-state index in [0.717, 1.165) is 82.1 Å². The molecule has 0 amide bonds. The molecule has 566 valence electrons. The number of aliphatic hydroxyl groups is 2. The number of fused-ring (bicyclic) bond motifs is 3. The lowest BCUT2D eigenvalue weighted by Crippen LogP contribution is -2.53. The Morgan fingerprint density at radius 3 is 1.41 bits per heavy atom. The zero-order valence-electron chi connectivity index (χ0n) is 61.2. The number of rotatable bonds is 19. The van der Waals surface area contributed by atoms with Gasteiger partial charge in [-0.05, 0) is 97.6 Å². The summed E-state index contributed by atoms with van der Waals surface area (Å²) in [6.45, 7) is 15.0. The molecule has 15 aromatic rings. The molecule has 34 heteroatoms. The molecule has 3 unspecified atom stereocenters. The average molecular weight is 1550 g/mol. The van der Waals surface area contributed by atoms with Crippen LogP contribution < -0.4 is 44.3 Å². The van der Waals surface area contributed by atoms with Crippen molar-refractivity contribution in [3.63, 3.8) is 0 Å². The fourth-order valence-electron chi connectivity index (χ4n) is 15.0. The third kappa shape index (κ3) is 13.5. The van der Waals surface area contributed by atoms with Crippen molar-refractivity contribution in [2.75, 3.05) is 108 Å². The van der Waals surface area contributed by atoms with Gasteiger partial charge in [-0.25, -0.2) is 80.7 Å². The van der Waals surface area contributed by atoms with E-state index in [9.17, 15) is 27.8 Å². The molecule has 112 heavy (non-hydrogen) atoms. The van der Waals surface area contributed by atoms with Crippen molar-refractivity contribution in [1.82, 2.24) is 83.5 Å². The van der Waals surface area contributed by atoms with Crippen LogP contribution in [-0.2, 0) is 30.0 Å². The summed E-state index contributed by atoms with van der Waals surface area (Å²) in [6.07, 6.45) is 28.8. The molecule has 0 aliphatic carbocycles. The number of halogens is 4. The van der Waals surface area contributed by atoms with E-state index in [4.69, 9.17) is 50.9 Å². The van der Waals surface area contributed by atoms with Gasteiger partial charge in [0.05, 0.1) is 91.2 Å². The lowest BCUT2D eigenvalue weighted by molar-refractivity contribution is -0.693. The number of hydrogen-bond acceptors (Lipinski definition) is 24. The van der Waals surface area contributed by atoms with Gasteiger partial charge in [0.2, 0.25) is 17.8 Å². The predicted octanol–water partition coefficient (Wildman–Crippen LogP) is 8.21. The van der Waals surface area contributed by atoms with Crippen LogP contribution in [0, 0.1) is 30.2 Å². The molecule has 28 nitrogen and oxygen atoms in total. The minimum atomic E-state index is -1.45. The Hall–Kier alpha value is -12.4. The smallest absolute Gasteiger partial charge is 0.253 e. The molecule has 15 heterocycles. The summed E-state index contributed by atoms with van der Waals surface area (Å²) in [4.78, 5) is 57.9. The highest BCUT2D eigenvalue weighted by Crippen LogP contribution is 2.38. The number of nitrogens with zero attached hydrogens (tertiary/aromatic N) is 25. The van der Waals surface area contributed by atoms with Gasteiger partial charge in [0.15, 0.2) is 23.5 Å². The van der Waals surface area contributed by atoms with E-state index in [-0.39, 0.29) is 11.4 Å². The molecule has 18 rings (SSSR count). The van der Waals surface area contributed by atoms with E-state index in [1.807, 2.05) is 81.2 Å². The average Bonchev–Trinajstić information content (AvgIpc) is 1.66. The molecule has 3 aliphatic heterocycles. The second-order valence-electron chi connectivity index (χ2n) is 28.8. The molecule has 0 spiro atoms. The van der Waals surface area contributed by atoms with Crippen LogP contribution in [-0.4, -0.2) is 172 Å². The van der Waals surface area contributed by atoms with Crippen LogP contribution in [0.3, 0.4) is 0 Å². The van der Waals surface area contributed by atoms with Gasteiger partial charge in [-0.2, -0.15) is 19.2 Å². The monoisotopic (exact) mass is 1550 g/mol. The van der Waals surface area contributed by atoms with Crippen LogP contribution in [0.4, 0.5) is 52.9 Å². The molecule has 3 atom stereocenters. The van der Waals surface area contributed by atoms with Crippen LogP contribution in [0.15, 0.2) is 184 Å². The molecule has 3 aromatic carbocycles. The number of anilines is 6. The zero-order valence-corrected chi connectivity index (χ0v) is 62.8. The summed E-state index contributed by atoms with van der Waals surface area (Å²) in [5.41, 5.74) is 11.4. The van der Waals surface area contributed by atoms with Crippen molar-refractivity contribution in [2.45, 2.75) is 57.6 Å². The number of aryl methyl sites for hydroxylation is 1. The van der Waals surface area contributed by atoms with Crippen LogP contribution >= 0.6 is 22.7 Å². The second kappa shape index (κ2) is 28.5. The molecule has 0 saturated carbocycles. The highest BCUT2D eigenvalue weighted by atomic mass is 32.1. The molecule has 3 saturated heterocycles. The number of thiazole rings is 2. The fraction of sp³-hybridized carbons (Fsp3) is 0.269. The van der Waals surface area contributed by atoms with E-state index in [1.54, 1.807) is 111 Å². The van der Waals surface area contributed by atoms with Gasteiger partial charge in [0, 0.05) is 139 Å². The molecule has 0 radical (unpaired) electrons.